The normalized spacial score (nSPS) is 15.5. The molecule has 120 valence electrons. The molecule has 1 aromatic heterocycles. The third-order valence-corrected chi connectivity index (χ3v) is 4.31. The molecule has 5 heteroatoms. The zero-order valence-electron chi connectivity index (χ0n) is 13.6. The van der Waals surface area contributed by atoms with E-state index in [0.29, 0.717) is 11.3 Å². The highest BCUT2D eigenvalue weighted by atomic mass is 16.1. The number of amides is 1. The van der Waals surface area contributed by atoms with Gasteiger partial charge in [-0.2, -0.15) is 0 Å². The molecule has 0 saturated carbocycles. The van der Waals surface area contributed by atoms with Crippen LogP contribution in [-0.2, 0) is 0 Å². The van der Waals surface area contributed by atoms with Gasteiger partial charge in [-0.05, 0) is 37.8 Å². The summed E-state index contributed by atoms with van der Waals surface area (Å²) >= 11 is 0. The van der Waals surface area contributed by atoms with E-state index in [-0.39, 0.29) is 5.91 Å². The minimum atomic E-state index is -0.174. The number of carbonyl (C=O) groups excluding carboxylic acids is 1. The predicted octanol–water partition coefficient (Wildman–Crippen LogP) is 3.27. The summed E-state index contributed by atoms with van der Waals surface area (Å²) in [5, 5.41) is 2.87. The van der Waals surface area contributed by atoms with Crippen LogP contribution in [0, 0.1) is 12.8 Å². The molecule has 0 spiro atoms. The SMILES string of the molecule is Cc1nc(N2CCC(C)CC2)ncc1C(=O)Nc1ccccc1. The van der Waals surface area contributed by atoms with Crippen LogP contribution in [0.3, 0.4) is 0 Å². The Morgan fingerprint density at radius 3 is 2.57 bits per heavy atom. The topological polar surface area (TPSA) is 58.1 Å². The van der Waals surface area contributed by atoms with E-state index < -0.39 is 0 Å². The predicted molar refractivity (Wildman–Crippen MR) is 91.8 cm³/mol. The van der Waals surface area contributed by atoms with Gasteiger partial charge in [0.25, 0.3) is 5.91 Å². The van der Waals surface area contributed by atoms with E-state index in [2.05, 4.69) is 27.1 Å². The van der Waals surface area contributed by atoms with E-state index in [1.165, 1.54) is 12.8 Å². The number of piperidine rings is 1. The monoisotopic (exact) mass is 310 g/mol. The van der Waals surface area contributed by atoms with E-state index >= 15 is 0 Å². The molecule has 0 unspecified atom stereocenters. The number of benzene rings is 1. The van der Waals surface area contributed by atoms with Crippen LogP contribution in [0.25, 0.3) is 0 Å². The van der Waals surface area contributed by atoms with E-state index in [4.69, 9.17) is 0 Å². The number of nitrogens with zero attached hydrogens (tertiary/aromatic N) is 3. The number of aryl methyl sites for hydroxylation is 1. The number of anilines is 2. The van der Waals surface area contributed by atoms with Crippen molar-refractivity contribution in [2.45, 2.75) is 26.7 Å². The van der Waals surface area contributed by atoms with Gasteiger partial charge in [-0.15, -0.1) is 0 Å². The first-order chi connectivity index (χ1) is 11.1. The number of carbonyl (C=O) groups is 1. The van der Waals surface area contributed by atoms with Crippen LogP contribution in [0.5, 0.6) is 0 Å². The Kier molecular flexibility index (Phi) is 4.55. The molecule has 0 radical (unpaired) electrons. The zero-order valence-corrected chi connectivity index (χ0v) is 13.6. The van der Waals surface area contributed by atoms with Gasteiger partial charge in [0.05, 0.1) is 11.3 Å². The molecule has 1 N–H and O–H groups in total. The minimum Gasteiger partial charge on any atom is -0.341 e. The van der Waals surface area contributed by atoms with Gasteiger partial charge in [-0.3, -0.25) is 4.79 Å². The number of hydrogen-bond donors (Lipinski definition) is 1. The number of nitrogens with one attached hydrogen (secondary N) is 1. The van der Waals surface area contributed by atoms with Crippen LogP contribution < -0.4 is 10.2 Å². The molecule has 2 heterocycles. The van der Waals surface area contributed by atoms with Crippen molar-refractivity contribution in [1.29, 1.82) is 0 Å². The summed E-state index contributed by atoms with van der Waals surface area (Å²) < 4.78 is 0. The Balaban J connectivity index is 1.73. The molecule has 1 fully saturated rings. The summed E-state index contributed by atoms with van der Waals surface area (Å²) in [5.74, 6) is 1.32. The number of para-hydroxylation sites is 1. The van der Waals surface area contributed by atoms with Crippen LogP contribution in [0.1, 0.15) is 35.8 Å². The zero-order chi connectivity index (χ0) is 16.2. The third kappa shape index (κ3) is 3.67. The van der Waals surface area contributed by atoms with Crippen molar-refractivity contribution in [2.75, 3.05) is 23.3 Å². The van der Waals surface area contributed by atoms with Gasteiger partial charge < -0.3 is 10.2 Å². The largest absolute Gasteiger partial charge is 0.341 e. The molecule has 1 saturated heterocycles. The van der Waals surface area contributed by atoms with E-state index in [0.717, 1.165) is 30.6 Å². The van der Waals surface area contributed by atoms with Gasteiger partial charge in [0.1, 0.15) is 0 Å². The smallest absolute Gasteiger partial charge is 0.259 e. The maximum absolute atomic E-state index is 12.4. The highest BCUT2D eigenvalue weighted by molar-refractivity contribution is 6.04. The van der Waals surface area contributed by atoms with E-state index in [1.807, 2.05) is 37.3 Å². The number of rotatable bonds is 3. The first-order valence-electron chi connectivity index (χ1n) is 8.08. The van der Waals surface area contributed by atoms with Crippen LogP contribution in [0.4, 0.5) is 11.6 Å². The average molecular weight is 310 g/mol. The molecule has 3 rings (SSSR count). The second-order valence-corrected chi connectivity index (χ2v) is 6.16. The first kappa shape index (κ1) is 15.5. The lowest BCUT2D eigenvalue weighted by Crippen LogP contribution is -2.34. The molecule has 1 aliphatic heterocycles. The van der Waals surface area contributed by atoms with E-state index in [1.54, 1.807) is 6.20 Å². The molecule has 1 amide bonds. The first-order valence-corrected chi connectivity index (χ1v) is 8.08. The van der Waals surface area contributed by atoms with Crippen molar-refractivity contribution in [3.63, 3.8) is 0 Å². The van der Waals surface area contributed by atoms with Crippen molar-refractivity contribution in [3.05, 3.63) is 47.8 Å². The average Bonchev–Trinajstić information content (AvgIpc) is 2.56. The minimum absolute atomic E-state index is 0.174. The summed E-state index contributed by atoms with van der Waals surface area (Å²) in [6.07, 6.45) is 3.96. The van der Waals surface area contributed by atoms with Crippen LogP contribution in [-0.4, -0.2) is 29.0 Å². The fourth-order valence-corrected chi connectivity index (χ4v) is 2.76. The molecule has 1 aromatic carbocycles. The lowest BCUT2D eigenvalue weighted by Gasteiger charge is -2.30. The highest BCUT2D eigenvalue weighted by Crippen LogP contribution is 2.21. The molecule has 0 atom stereocenters. The van der Waals surface area contributed by atoms with Crippen molar-refractivity contribution in [1.82, 2.24) is 9.97 Å². The molecule has 0 bridgehead atoms. The molecule has 23 heavy (non-hydrogen) atoms. The summed E-state index contributed by atoms with van der Waals surface area (Å²) in [5.41, 5.74) is 2.00. The second kappa shape index (κ2) is 6.77. The van der Waals surface area contributed by atoms with Gasteiger partial charge in [-0.25, -0.2) is 9.97 Å². The van der Waals surface area contributed by atoms with Gasteiger partial charge in [0.2, 0.25) is 5.95 Å². The van der Waals surface area contributed by atoms with Gasteiger partial charge in [-0.1, -0.05) is 25.1 Å². The van der Waals surface area contributed by atoms with Gasteiger partial charge >= 0.3 is 0 Å². The number of aromatic nitrogens is 2. The molecule has 5 nitrogen and oxygen atoms in total. The van der Waals surface area contributed by atoms with Gasteiger partial charge in [0.15, 0.2) is 0 Å². The highest BCUT2D eigenvalue weighted by Gasteiger charge is 2.19. The fraction of sp³-hybridized carbons (Fsp3) is 0.389. The summed E-state index contributed by atoms with van der Waals surface area (Å²) in [4.78, 5) is 23.5. The molecule has 0 aliphatic carbocycles. The van der Waals surface area contributed by atoms with Gasteiger partial charge in [0, 0.05) is 25.0 Å². The van der Waals surface area contributed by atoms with Crippen LogP contribution in [0.2, 0.25) is 0 Å². The Labute approximate surface area is 136 Å². The summed E-state index contributed by atoms with van der Waals surface area (Å²) in [7, 11) is 0. The van der Waals surface area contributed by atoms with Crippen LogP contribution in [0.15, 0.2) is 36.5 Å². The Hall–Kier alpha value is -2.43. The molecule has 2 aromatic rings. The second-order valence-electron chi connectivity index (χ2n) is 6.16. The Morgan fingerprint density at radius 1 is 1.22 bits per heavy atom. The third-order valence-electron chi connectivity index (χ3n) is 4.31. The summed E-state index contributed by atoms with van der Waals surface area (Å²) in [6, 6.07) is 9.41. The lowest BCUT2D eigenvalue weighted by molar-refractivity contribution is 0.102. The molecular formula is C18H22N4O. The maximum Gasteiger partial charge on any atom is 0.259 e. The maximum atomic E-state index is 12.4. The number of hydrogen-bond acceptors (Lipinski definition) is 4. The van der Waals surface area contributed by atoms with Crippen LogP contribution >= 0.6 is 0 Å². The standard InChI is InChI=1S/C18H22N4O/c1-13-8-10-22(11-9-13)18-19-12-16(14(2)20-18)17(23)21-15-6-4-3-5-7-15/h3-7,12-13H,8-11H2,1-2H3,(H,21,23). The fourth-order valence-electron chi connectivity index (χ4n) is 2.76. The Morgan fingerprint density at radius 2 is 1.91 bits per heavy atom. The summed E-state index contributed by atoms with van der Waals surface area (Å²) in [6.45, 7) is 6.10. The Bertz CT molecular complexity index is 679. The molecule has 1 aliphatic rings. The van der Waals surface area contributed by atoms with Crippen molar-refractivity contribution < 1.29 is 4.79 Å². The van der Waals surface area contributed by atoms with E-state index in [9.17, 15) is 4.79 Å². The van der Waals surface area contributed by atoms with Crippen molar-refractivity contribution in [3.8, 4) is 0 Å². The molecular weight excluding hydrogens is 288 g/mol. The lowest BCUT2D eigenvalue weighted by atomic mass is 10.00. The van der Waals surface area contributed by atoms with Crippen molar-refractivity contribution in [2.24, 2.45) is 5.92 Å². The van der Waals surface area contributed by atoms with Crippen molar-refractivity contribution >= 4 is 17.5 Å². The quantitative estimate of drug-likeness (QED) is 0.945.